The van der Waals surface area contributed by atoms with Crippen LogP contribution in [0.25, 0.3) is 0 Å². The quantitative estimate of drug-likeness (QED) is 0.632. The first kappa shape index (κ1) is 21.9. The van der Waals surface area contributed by atoms with E-state index in [0.717, 1.165) is 0 Å². The minimum atomic E-state index is -0.843. The summed E-state index contributed by atoms with van der Waals surface area (Å²) in [4.78, 5) is 36.3. The van der Waals surface area contributed by atoms with E-state index in [0.29, 0.717) is 23.5 Å². The molecule has 8 nitrogen and oxygen atoms in total. The normalized spacial score (nSPS) is 15.5. The molecule has 0 bridgehead atoms. The minimum absolute atomic E-state index is 0.0296. The van der Waals surface area contributed by atoms with Crippen molar-refractivity contribution in [3.05, 3.63) is 54.3 Å². The van der Waals surface area contributed by atoms with Gasteiger partial charge in [-0.05, 0) is 54.4 Å². The van der Waals surface area contributed by atoms with Crippen molar-refractivity contribution in [2.45, 2.75) is 32.7 Å². The first-order valence-corrected chi connectivity index (χ1v) is 9.86. The molecule has 0 spiro atoms. The largest absolute Gasteiger partial charge is 0.368 e. The summed E-state index contributed by atoms with van der Waals surface area (Å²) in [7, 11) is 0. The maximum absolute atomic E-state index is 13.2. The number of halogens is 1. The second-order valence-corrected chi connectivity index (χ2v) is 7.67. The number of benzene rings is 2. The zero-order valence-corrected chi connectivity index (χ0v) is 17.3. The molecule has 9 heteroatoms. The average Bonchev–Trinajstić information content (AvgIpc) is 3.15. The summed E-state index contributed by atoms with van der Waals surface area (Å²) in [6.45, 7) is 3.92. The molecule has 2 aromatic rings. The van der Waals surface area contributed by atoms with Gasteiger partial charge >= 0.3 is 0 Å². The molecule has 0 unspecified atom stereocenters. The zero-order chi connectivity index (χ0) is 22.5. The predicted molar refractivity (Wildman–Crippen MR) is 117 cm³/mol. The molecule has 1 atom stereocenters. The molecule has 3 rings (SSSR count). The van der Waals surface area contributed by atoms with Gasteiger partial charge in [0.25, 0.3) is 5.91 Å². The highest BCUT2D eigenvalue weighted by atomic mass is 19.1. The van der Waals surface area contributed by atoms with Crippen molar-refractivity contribution in [2.75, 3.05) is 15.6 Å². The summed E-state index contributed by atoms with van der Waals surface area (Å²) in [5.41, 5.74) is 7.17. The number of hydrogen-bond acceptors (Lipinski definition) is 5. The molecule has 1 heterocycles. The molecule has 0 fully saturated rings. The van der Waals surface area contributed by atoms with Crippen molar-refractivity contribution in [1.29, 1.82) is 0 Å². The van der Waals surface area contributed by atoms with E-state index >= 15 is 0 Å². The Kier molecular flexibility index (Phi) is 6.64. The van der Waals surface area contributed by atoms with Gasteiger partial charge in [-0.15, -0.1) is 0 Å². The third kappa shape index (κ3) is 5.65. The average molecular weight is 425 g/mol. The molecule has 0 aliphatic carbocycles. The van der Waals surface area contributed by atoms with Crippen LogP contribution in [-0.2, 0) is 14.4 Å². The summed E-state index contributed by atoms with van der Waals surface area (Å²) in [5.74, 6) is -1.37. The highest BCUT2D eigenvalue weighted by Gasteiger charge is 2.35. The highest BCUT2D eigenvalue weighted by Crippen LogP contribution is 2.25. The lowest BCUT2D eigenvalue weighted by atomic mass is 10.1. The van der Waals surface area contributed by atoms with E-state index in [9.17, 15) is 18.8 Å². The van der Waals surface area contributed by atoms with Crippen molar-refractivity contribution >= 4 is 40.5 Å². The Balaban J connectivity index is 1.68. The van der Waals surface area contributed by atoms with Gasteiger partial charge in [-0.25, -0.2) is 4.39 Å². The Morgan fingerprint density at radius 2 is 1.65 bits per heavy atom. The summed E-state index contributed by atoms with van der Waals surface area (Å²) in [5, 5.41) is 11.1. The maximum atomic E-state index is 13.2. The van der Waals surface area contributed by atoms with E-state index in [1.165, 1.54) is 29.3 Å². The third-order valence-electron chi connectivity index (χ3n) is 4.61. The summed E-state index contributed by atoms with van der Waals surface area (Å²) in [6.07, 6.45) is 0.450. The lowest BCUT2D eigenvalue weighted by Crippen LogP contribution is -2.39. The van der Waals surface area contributed by atoms with Gasteiger partial charge in [-0.1, -0.05) is 13.8 Å². The number of hydrazone groups is 1. The summed E-state index contributed by atoms with van der Waals surface area (Å²) < 4.78 is 13.2. The van der Waals surface area contributed by atoms with Crippen LogP contribution in [0.4, 0.5) is 21.5 Å². The van der Waals surface area contributed by atoms with Crippen molar-refractivity contribution in [3.8, 4) is 0 Å². The number of carbonyl (C=O) groups is 3. The molecule has 0 saturated carbocycles. The van der Waals surface area contributed by atoms with Crippen LogP contribution in [0.3, 0.4) is 0 Å². The van der Waals surface area contributed by atoms with Gasteiger partial charge in [0.05, 0.1) is 5.69 Å². The van der Waals surface area contributed by atoms with Crippen LogP contribution >= 0.6 is 0 Å². The molecular formula is C22H24FN5O3. The van der Waals surface area contributed by atoms with Gasteiger partial charge in [0.1, 0.15) is 17.6 Å². The molecule has 31 heavy (non-hydrogen) atoms. The molecule has 0 radical (unpaired) electrons. The number of carbonyl (C=O) groups excluding carboxylic acids is 3. The van der Waals surface area contributed by atoms with E-state index in [1.807, 2.05) is 13.8 Å². The van der Waals surface area contributed by atoms with Crippen molar-refractivity contribution in [1.82, 2.24) is 0 Å². The van der Waals surface area contributed by atoms with Gasteiger partial charge in [0.15, 0.2) is 0 Å². The number of nitrogens with zero attached hydrogens (tertiary/aromatic N) is 2. The van der Waals surface area contributed by atoms with Gasteiger partial charge in [0.2, 0.25) is 11.8 Å². The number of hydrogen-bond donors (Lipinski definition) is 3. The molecular weight excluding hydrogens is 401 g/mol. The molecule has 0 aromatic heterocycles. The van der Waals surface area contributed by atoms with Crippen LogP contribution in [0.5, 0.6) is 0 Å². The fourth-order valence-electron chi connectivity index (χ4n) is 3.12. The third-order valence-corrected chi connectivity index (χ3v) is 4.61. The van der Waals surface area contributed by atoms with Crippen LogP contribution in [0, 0.1) is 11.7 Å². The monoisotopic (exact) mass is 425 g/mol. The first-order chi connectivity index (χ1) is 14.7. The predicted octanol–water partition coefficient (Wildman–Crippen LogP) is 2.87. The Hall–Kier alpha value is -3.75. The Morgan fingerprint density at radius 1 is 1.06 bits per heavy atom. The Labute approximate surface area is 179 Å². The van der Waals surface area contributed by atoms with E-state index in [4.69, 9.17) is 5.73 Å². The minimum Gasteiger partial charge on any atom is -0.368 e. The lowest BCUT2D eigenvalue weighted by molar-refractivity contribution is -0.119. The molecule has 3 amide bonds. The smallest absolute Gasteiger partial charge is 0.271 e. The van der Waals surface area contributed by atoms with Gasteiger partial charge in [-0.2, -0.15) is 5.10 Å². The Bertz CT molecular complexity index is 1000. The number of primary amides is 1. The molecule has 1 aliphatic rings. The summed E-state index contributed by atoms with van der Waals surface area (Å²) in [6, 6.07) is 11.2. The number of nitrogens with two attached hydrogens (primary N) is 1. The van der Waals surface area contributed by atoms with Crippen LogP contribution in [0.1, 0.15) is 26.7 Å². The number of nitrogens with one attached hydrogen (secondary N) is 2. The molecule has 162 valence electrons. The molecule has 1 aliphatic heterocycles. The van der Waals surface area contributed by atoms with Gasteiger partial charge < -0.3 is 16.4 Å². The first-order valence-electron chi connectivity index (χ1n) is 9.86. The maximum Gasteiger partial charge on any atom is 0.271 e. The van der Waals surface area contributed by atoms with Crippen LogP contribution in [0.15, 0.2) is 53.6 Å². The van der Waals surface area contributed by atoms with Crippen molar-refractivity contribution < 1.29 is 18.8 Å². The van der Waals surface area contributed by atoms with Crippen molar-refractivity contribution in [2.24, 2.45) is 16.8 Å². The molecule has 4 N–H and O–H groups in total. The second-order valence-electron chi connectivity index (χ2n) is 7.67. The molecule has 0 saturated heterocycles. The SMILES string of the molecule is CC(C)CC(=O)Nc1ccc(NC(=O)C2=NN(c3ccc(F)cc3)[C@H](C(N)=O)C2)cc1. The standard InChI is InChI=1S/C22H24FN5O3/c1-13(2)11-20(29)25-15-5-7-16(8-6-15)26-22(31)18-12-19(21(24)30)28(27-18)17-9-3-14(23)4-10-17/h3-10,13,19H,11-12H2,1-2H3,(H2,24,30)(H,25,29)(H,26,31)/t19-/m0/s1. The topological polar surface area (TPSA) is 117 Å². The number of amides is 3. The second kappa shape index (κ2) is 9.38. The van der Waals surface area contributed by atoms with E-state index in [2.05, 4.69) is 15.7 Å². The fourth-order valence-corrected chi connectivity index (χ4v) is 3.12. The van der Waals surface area contributed by atoms with Gasteiger partial charge in [0, 0.05) is 24.2 Å². The fraction of sp³-hybridized carbons (Fsp3) is 0.273. The molecule has 2 aromatic carbocycles. The number of rotatable bonds is 7. The summed E-state index contributed by atoms with van der Waals surface area (Å²) >= 11 is 0. The van der Waals surface area contributed by atoms with E-state index < -0.39 is 23.7 Å². The van der Waals surface area contributed by atoms with Gasteiger partial charge in [-0.3, -0.25) is 19.4 Å². The van der Waals surface area contributed by atoms with E-state index in [1.54, 1.807) is 24.3 Å². The highest BCUT2D eigenvalue weighted by molar-refractivity contribution is 6.44. The number of anilines is 3. The van der Waals surface area contributed by atoms with Crippen LogP contribution in [0.2, 0.25) is 0 Å². The van der Waals surface area contributed by atoms with Crippen molar-refractivity contribution in [3.63, 3.8) is 0 Å². The van der Waals surface area contributed by atoms with Crippen LogP contribution < -0.4 is 21.4 Å². The lowest BCUT2D eigenvalue weighted by Gasteiger charge is -2.20. The zero-order valence-electron chi connectivity index (χ0n) is 17.3. The van der Waals surface area contributed by atoms with E-state index in [-0.39, 0.29) is 24.0 Å². The Morgan fingerprint density at radius 3 is 2.19 bits per heavy atom. The van der Waals surface area contributed by atoms with Crippen LogP contribution in [-0.4, -0.2) is 29.5 Å².